The van der Waals surface area contributed by atoms with E-state index in [1.165, 1.54) is 0 Å². The van der Waals surface area contributed by atoms with Gasteiger partial charge in [0.1, 0.15) is 11.4 Å². The second-order valence-corrected chi connectivity index (χ2v) is 13.7. The van der Waals surface area contributed by atoms with E-state index in [1.54, 1.807) is 0 Å². The summed E-state index contributed by atoms with van der Waals surface area (Å²) in [4.78, 5) is 26.7. The van der Waals surface area contributed by atoms with E-state index in [-0.39, 0.29) is 36.1 Å². The van der Waals surface area contributed by atoms with E-state index < -0.39 is 50.6 Å². The molecule has 0 aromatic heterocycles. The van der Waals surface area contributed by atoms with Crippen molar-refractivity contribution >= 4 is 22.1 Å². The number of alkyl halides is 3. The molecule has 0 aromatic carbocycles. The fourth-order valence-electron chi connectivity index (χ4n) is 6.89. The van der Waals surface area contributed by atoms with Crippen LogP contribution in [0, 0.1) is 34.5 Å². The van der Waals surface area contributed by atoms with Gasteiger partial charge in [-0.2, -0.15) is 21.6 Å². The third kappa shape index (κ3) is 5.97. The van der Waals surface area contributed by atoms with E-state index >= 15 is 0 Å². The number of ether oxygens (including phenoxy) is 2. The highest BCUT2D eigenvalue weighted by atomic mass is 32.2. The van der Waals surface area contributed by atoms with Crippen molar-refractivity contribution in [1.29, 1.82) is 0 Å². The third-order valence-electron chi connectivity index (χ3n) is 8.30. The van der Waals surface area contributed by atoms with Crippen molar-refractivity contribution < 1.29 is 45.2 Å². The van der Waals surface area contributed by atoms with Crippen LogP contribution in [0.1, 0.15) is 79.6 Å². The van der Waals surface area contributed by atoms with Crippen molar-refractivity contribution in [3.05, 3.63) is 0 Å². The molecule has 4 saturated carbocycles. The lowest BCUT2D eigenvalue weighted by Gasteiger charge is -2.60. The van der Waals surface area contributed by atoms with Gasteiger partial charge < -0.3 is 9.47 Å². The van der Waals surface area contributed by atoms with Gasteiger partial charge in [0.25, 0.3) is 10.1 Å². The molecule has 4 unspecified atom stereocenters. The molecule has 1 N–H and O–H groups in total. The standard InChI is InChI=1S/C24H37F3O7S/c1-14(2)7-21(5,15(3)4)19(28)34-23-10-16-6-17(11-23)9-22(8-16,13-23)20(29)33-18(24(25,26)27)12-35(30,31)32/h14-18H,6-13H2,1-5H3,(H,30,31,32). The Morgan fingerprint density at radius 3 is 2.03 bits per heavy atom. The van der Waals surface area contributed by atoms with Gasteiger partial charge in [-0.15, -0.1) is 0 Å². The maximum absolute atomic E-state index is 13.5. The summed E-state index contributed by atoms with van der Waals surface area (Å²) in [5.41, 5.74) is -2.98. The summed E-state index contributed by atoms with van der Waals surface area (Å²) in [6.45, 7) is 9.82. The average Bonchev–Trinajstić information content (AvgIpc) is 2.63. The van der Waals surface area contributed by atoms with Crippen LogP contribution in [0.15, 0.2) is 0 Å². The van der Waals surface area contributed by atoms with Crippen LogP contribution < -0.4 is 0 Å². The number of esters is 2. The molecule has 11 heteroatoms. The summed E-state index contributed by atoms with van der Waals surface area (Å²) in [7, 11) is -5.04. The minimum absolute atomic E-state index is 0.00166. The first kappa shape index (κ1) is 28.2. The molecule has 4 rings (SSSR count). The Kier molecular flexibility index (Phi) is 7.41. The first-order valence-electron chi connectivity index (χ1n) is 12.3. The Bertz CT molecular complexity index is 929. The molecule has 202 valence electrons. The minimum atomic E-state index is -5.16. The molecule has 0 saturated heterocycles. The lowest BCUT2D eigenvalue weighted by atomic mass is 9.48. The van der Waals surface area contributed by atoms with Gasteiger partial charge >= 0.3 is 18.1 Å². The Hall–Kier alpha value is -1.36. The highest BCUT2D eigenvalue weighted by Crippen LogP contribution is 2.63. The maximum atomic E-state index is 13.5. The van der Waals surface area contributed by atoms with Crippen molar-refractivity contribution in [2.45, 2.75) is 97.4 Å². The van der Waals surface area contributed by atoms with Gasteiger partial charge in [0.05, 0.1) is 10.8 Å². The van der Waals surface area contributed by atoms with Crippen molar-refractivity contribution in [2.24, 2.45) is 34.5 Å². The van der Waals surface area contributed by atoms with Crippen LogP contribution in [-0.2, 0) is 29.2 Å². The topological polar surface area (TPSA) is 107 Å². The molecular weight excluding hydrogens is 489 g/mol. The SMILES string of the molecule is CC(C)CC(C)(C(=O)OC12CC3CC(C1)CC(C(=O)OC(CS(=O)(=O)O)C(F)(F)F)(C3)C2)C(C)C. The lowest BCUT2D eigenvalue weighted by Crippen LogP contribution is -2.61. The molecule has 4 fully saturated rings. The molecule has 0 aromatic rings. The molecule has 4 atom stereocenters. The van der Waals surface area contributed by atoms with E-state index in [0.29, 0.717) is 32.1 Å². The first-order valence-corrected chi connectivity index (χ1v) is 13.9. The molecule has 0 radical (unpaired) electrons. The third-order valence-corrected chi connectivity index (χ3v) is 9.02. The van der Waals surface area contributed by atoms with Crippen LogP contribution in [0.25, 0.3) is 0 Å². The summed E-state index contributed by atoms with van der Waals surface area (Å²) in [5.74, 6) is -3.01. The Balaban J connectivity index is 1.86. The van der Waals surface area contributed by atoms with Gasteiger partial charge in [-0.3, -0.25) is 14.1 Å². The number of hydrogen-bond acceptors (Lipinski definition) is 6. The highest BCUT2D eigenvalue weighted by molar-refractivity contribution is 7.85. The maximum Gasteiger partial charge on any atom is 0.426 e. The molecule has 4 aliphatic rings. The van der Waals surface area contributed by atoms with Crippen molar-refractivity contribution in [2.75, 3.05) is 5.75 Å². The zero-order chi connectivity index (χ0) is 26.6. The number of carbonyl (C=O) groups is 2. The van der Waals surface area contributed by atoms with Gasteiger partial charge in [0.2, 0.25) is 6.10 Å². The average molecular weight is 527 g/mol. The van der Waals surface area contributed by atoms with E-state index in [1.807, 2.05) is 34.6 Å². The molecule has 4 aliphatic carbocycles. The van der Waals surface area contributed by atoms with Crippen LogP contribution in [0.4, 0.5) is 13.2 Å². The second-order valence-electron chi connectivity index (χ2n) is 12.2. The minimum Gasteiger partial charge on any atom is -0.459 e. The van der Waals surface area contributed by atoms with Crippen LogP contribution >= 0.6 is 0 Å². The number of hydrogen-bond donors (Lipinski definition) is 1. The Morgan fingerprint density at radius 2 is 1.60 bits per heavy atom. The smallest absolute Gasteiger partial charge is 0.426 e. The zero-order valence-corrected chi connectivity index (χ0v) is 21.8. The van der Waals surface area contributed by atoms with Crippen LogP contribution in [0.3, 0.4) is 0 Å². The number of rotatable bonds is 9. The molecule has 7 nitrogen and oxygen atoms in total. The predicted molar refractivity (Wildman–Crippen MR) is 121 cm³/mol. The normalized spacial score (nSPS) is 33.0. The van der Waals surface area contributed by atoms with Crippen molar-refractivity contribution in [1.82, 2.24) is 0 Å². The monoisotopic (exact) mass is 526 g/mol. The van der Waals surface area contributed by atoms with E-state index in [4.69, 9.17) is 14.0 Å². The first-order chi connectivity index (χ1) is 15.8. The van der Waals surface area contributed by atoms with Crippen LogP contribution in [0.2, 0.25) is 0 Å². The molecule has 0 aliphatic heterocycles. The summed E-state index contributed by atoms with van der Waals surface area (Å²) in [6, 6.07) is 0. The number of halogens is 3. The summed E-state index contributed by atoms with van der Waals surface area (Å²) < 4.78 is 82.4. The second kappa shape index (κ2) is 9.19. The van der Waals surface area contributed by atoms with Gasteiger partial charge in [-0.05, 0) is 69.1 Å². The molecule has 35 heavy (non-hydrogen) atoms. The Labute approximate surface area is 205 Å². The van der Waals surface area contributed by atoms with E-state index in [2.05, 4.69) is 0 Å². The quantitative estimate of drug-likeness (QED) is 0.335. The van der Waals surface area contributed by atoms with Crippen molar-refractivity contribution in [3.8, 4) is 0 Å². The summed E-state index contributed by atoms with van der Waals surface area (Å²) in [5, 5.41) is 0. The van der Waals surface area contributed by atoms with Crippen LogP contribution in [-0.4, -0.2) is 48.5 Å². The molecule has 0 heterocycles. The van der Waals surface area contributed by atoms with Crippen molar-refractivity contribution in [3.63, 3.8) is 0 Å². The molecule has 0 amide bonds. The van der Waals surface area contributed by atoms with E-state index in [9.17, 15) is 31.2 Å². The lowest BCUT2D eigenvalue weighted by molar-refractivity contribution is -0.239. The molecule has 4 bridgehead atoms. The predicted octanol–water partition coefficient (Wildman–Crippen LogP) is 4.94. The van der Waals surface area contributed by atoms with Gasteiger partial charge in [0, 0.05) is 6.42 Å². The molecule has 0 spiro atoms. The van der Waals surface area contributed by atoms with Gasteiger partial charge in [0.15, 0.2) is 0 Å². The molecular formula is C24H37F3O7S. The Morgan fingerprint density at radius 1 is 1.06 bits per heavy atom. The van der Waals surface area contributed by atoms with E-state index in [0.717, 1.165) is 6.42 Å². The summed E-state index contributed by atoms with van der Waals surface area (Å²) >= 11 is 0. The summed E-state index contributed by atoms with van der Waals surface area (Å²) in [6.07, 6.45) is -4.93. The zero-order valence-electron chi connectivity index (χ0n) is 21.0. The van der Waals surface area contributed by atoms with Gasteiger partial charge in [-0.25, -0.2) is 0 Å². The number of carbonyl (C=O) groups excluding carboxylic acids is 2. The van der Waals surface area contributed by atoms with Crippen LogP contribution in [0.5, 0.6) is 0 Å². The fraction of sp³-hybridized carbons (Fsp3) is 0.917. The fourth-order valence-corrected chi connectivity index (χ4v) is 7.53. The largest absolute Gasteiger partial charge is 0.459 e. The highest BCUT2D eigenvalue weighted by Gasteiger charge is 2.64. The van der Waals surface area contributed by atoms with Gasteiger partial charge in [-0.1, -0.05) is 27.7 Å².